The van der Waals surface area contributed by atoms with Gasteiger partial charge in [0.25, 0.3) is 0 Å². The molecule has 0 bridgehead atoms. The molecule has 2 rings (SSSR count). The average Bonchev–Trinajstić information content (AvgIpc) is 2.55. The molecular weight excluding hydrogens is 253 g/mol. The van der Waals surface area contributed by atoms with Gasteiger partial charge >= 0.3 is 29.6 Å². The smallest absolute Gasteiger partial charge is 0.743 e. The van der Waals surface area contributed by atoms with E-state index in [1.54, 1.807) is 24.3 Å². The minimum Gasteiger partial charge on any atom is -0.743 e. The molecule has 1 heterocycles. The van der Waals surface area contributed by atoms with Gasteiger partial charge in [0, 0.05) is 12.3 Å². The van der Waals surface area contributed by atoms with Crippen LogP contribution in [0.5, 0.6) is 0 Å². The number of benzene rings is 1. The molecule has 0 radical (unpaired) electrons. The predicted octanol–water partition coefficient (Wildman–Crippen LogP) is -1.79. The van der Waals surface area contributed by atoms with Crippen LogP contribution in [0.3, 0.4) is 0 Å². The summed E-state index contributed by atoms with van der Waals surface area (Å²) in [5.74, 6) is -0.504. The molecule has 5 nitrogen and oxygen atoms in total. The zero-order chi connectivity index (χ0) is 11.9. The summed E-state index contributed by atoms with van der Waals surface area (Å²) in [6, 6.07) is 7.81. The molecule has 7 heteroatoms. The predicted molar refractivity (Wildman–Crippen MR) is 56.2 cm³/mol. The van der Waals surface area contributed by atoms with Crippen molar-refractivity contribution in [1.29, 1.82) is 0 Å². The van der Waals surface area contributed by atoms with Crippen LogP contribution >= 0.6 is 0 Å². The zero-order valence-corrected chi connectivity index (χ0v) is 12.2. The fourth-order valence-corrected chi connectivity index (χ4v) is 2.36. The number of aromatic nitrogens is 1. The van der Waals surface area contributed by atoms with Crippen LogP contribution in [0.25, 0.3) is 10.9 Å². The number of hydrogen-bond donors (Lipinski definition) is 0. The van der Waals surface area contributed by atoms with Gasteiger partial charge in [0.1, 0.15) is 15.1 Å². The van der Waals surface area contributed by atoms with Crippen LogP contribution < -0.4 is 29.6 Å². The first-order valence-corrected chi connectivity index (χ1v) is 5.89. The van der Waals surface area contributed by atoms with Gasteiger partial charge in [0.05, 0.1) is 5.52 Å². The molecule has 1 aromatic heterocycles. The topological polar surface area (TPSA) is 79.2 Å². The van der Waals surface area contributed by atoms with Gasteiger partial charge < -0.3 is 4.55 Å². The summed E-state index contributed by atoms with van der Waals surface area (Å²) < 4.78 is 33.9. The Morgan fingerprint density at radius 2 is 1.88 bits per heavy atom. The Kier molecular flexibility index (Phi) is 4.16. The van der Waals surface area contributed by atoms with E-state index in [0.717, 1.165) is 4.57 Å². The minimum absolute atomic E-state index is 0. The third-order valence-electron chi connectivity index (χ3n) is 2.25. The number of rotatable bonds is 1. The second kappa shape index (κ2) is 4.91. The number of fused-ring (bicyclic) bond motifs is 1. The summed E-state index contributed by atoms with van der Waals surface area (Å²) in [4.78, 5) is 11.3. The van der Waals surface area contributed by atoms with Gasteiger partial charge in [-0.2, -0.15) is 0 Å². The number of para-hydroxylation sites is 1. The first kappa shape index (κ1) is 14.4. The normalized spacial score (nSPS) is 11.2. The van der Waals surface area contributed by atoms with E-state index in [0.29, 0.717) is 10.9 Å². The van der Waals surface area contributed by atoms with Crippen molar-refractivity contribution >= 4 is 26.9 Å². The van der Waals surface area contributed by atoms with Crippen LogP contribution in [0.4, 0.5) is 0 Å². The molecule has 0 saturated heterocycles. The van der Waals surface area contributed by atoms with E-state index in [2.05, 4.69) is 0 Å². The fourth-order valence-electron chi connectivity index (χ4n) is 1.64. The largest absolute Gasteiger partial charge is 1.00 e. The molecule has 0 aliphatic rings. The van der Waals surface area contributed by atoms with E-state index in [4.69, 9.17) is 0 Å². The van der Waals surface area contributed by atoms with Crippen LogP contribution in [0.1, 0.15) is 11.7 Å². The van der Waals surface area contributed by atoms with Crippen LogP contribution in [0.15, 0.2) is 35.4 Å². The van der Waals surface area contributed by atoms with E-state index < -0.39 is 21.1 Å². The van der Waals surface area contributed by atoms with Crippen LogP contribution in [0, 0.1) is 0 Å². The van der Waals surface area contributed by atoms with Crippen molar-refractivity contribution < 1.29 is 47.3 Å². The van der Waals surface area contributed by atoms with Crippen molar-refractivity contribution in [2.75, 3.05) is 0 Å². The van der Waals surface area contributed by atoms with Gasteiger partial charge in [-0.25, -0.2) is 8.42 Å². The molecule has 0 unspecified atom stereocenters. The van der Waals surface area contributed by atoms with Crippen molar-refractivity contribution in [3.05, 3.63) is 30.3 Å². The minimum atomic E-state index is -4.65. The molecule has 0 N–H and O–H groups in total. The Balaban J connectivity index is 0.00000144. The molecule has 0 fully saturated rings. The monoisotopic (exact) mass is 261 g/mol. The van der Waals surface area contributed by atoms with Crippen LogP contribution in [0.2, 0.25) is 0 Å². The van der Waals surface area contributed by atoms with Crippen molar-refractivity contribution in [2.45, 2.75) is 11.9 Å². The molecule has 0 amide bonds. The molecule has 0 saturated carbocycles. The maximum Gasteiger partial charge on any atom is 1.00 e. The van der Waals surface area contributed by atoms with Gasteiger partial charge in [0.2, 0.25) is 5.91 Å². The number of carbonyl (C=O) groups excluding carboxylic acids is 1. The van der Waals surface area contributed by atoms with Gasteiger partial charge in [-0.1, -0.05) is 18.2 Å². The Labute approximate surface area is 120 Å². The summed E-state index contributed by atoms with van der Waals surface area (Å²) in [5.41, 5.74) is 0.421. The quantitative estimate of drug-likeness (QED) is 0.448. The van der Waals surface area contributed by atoms with Gasteiger partial charge in [-0.05, 0) is 12.1 Å². The molecular formula is C10H8NNaO4S. The maximum absolute atomic E-state index is 11.3. The second-order valence-corrected chi connectivity index (χ2v) is 4.68. The third-order valence-corrected chi connectivity index (χ3v) is 3.06. The van der Waals surface area contributed by atoms with Gasteiger partial charge in [-0.3, -0.25) is 9.36 Å². The maximum atomic E-state index is 11.3. The molecule has 84 valence electrons. The number of nitrogens with zero attached hydrogens (tertiary/aromatic N) is 1. The van der Waals surface area contributed by atoms with E-state index in [1.807, 2.05) is 0 Å². The van der Waals surface area contributed by atoms with Crippen LogP contribution in [-0.2, 0) is 10.1 Å². The number of hydrogen-bond acceptors (Lipinski definition) is 4. The molecule has 1 aromatic carbocycles. The fraction of sp³-hybridized carbons (Fsp3) is 0.100. The Bertz CT molecular complexity index is 675. The van der Waals surface area contributed by atoms with E-state index in [-0.39, 0.29) is 29.6 Å². The average molecular weight is 261 g/mol. The summed E-state index contributed by atoms with van der Waals surface area (Å²) in [7, 11) is -4.65. The van der Waals surface area contributed by atoms with Crippen molar-refractivity contribution in [3.63, 3.8) is 0 Å². The Morgan fingerprint density at radius 3 is 2.41 bits per heavy atom. The van der Waals surface area contributed by atoms with Crippen molar-refractivity contribution in [3.8, 4) is 0 Å². The van der Waals surface area contributed by atoms with Crippen LogP contribution in [-0.4, -0.2) is 23.4 Å². The standard InChI is InChI=1S/C10H9NO4S.Na/c1-7(12)11-9-5-3-2-4-8(9)6-10(11)16(13,14)15;/h2-6H,1H3,(H,13,14,15);/q;+1/p-1. The summed E-state index contributed by atoms with van der Waals surface area (Å²) in [6.07, 6.45) is 0. The van der Waals surface area contributed by atoms with E-state index in [1.165, 1.54) is 13.0 Å². The Morgan fingerprint density at radius 1 is 1.29 bits per heavy atom. The molecule has 0 spiro atoms. The Hall–Kier alpha value is -0.660. The summed E-state index contributed by atoms with van der Waals surface area (Å²) >= 11 is 0. The van der Waals surface area contributed by atoms with Gasteiger partial charge in [0.15, 0.2) is 0 Å². The first-order valence-electron chi connectivity index (χ1n) is 4.48. The molecule has 17 heavy (non-hydrogen) atoms. The molecule has 2 aromatic rings. The number of carbonyl (C=O) groups is 1. The third kappa shape index (κ3) is 2.61. The zero-order valence-electron chi connectivity index (χ0n) is 9.38. The molecule has 0 aliphatic heterocycles. The first-order chi connectivity index (χ1) is 7.41. The molecule has 0 aliphatic carbocycles. The van der Waals surface area contributed by atoms with Gasteiger partial charge in [-0.15, -0.1) is 0 Å². The SMILES string of the molecule is CC(=O)n1c(S(=O)(=O)[O-])cc2ccccc21.[Na+]. The van der Waals surface area contributed by atoms with E-state index in [9.17, 15) is 17.8 Å². The molecule has 0 atom stereocenters. The summed E-state index contributed by atoms with van der Waals surface area (Å²) in [5, 5.41) is 0.0355. The summed E-state index contributed by atoms with van der Waals surface area (Å²) in [6.45, 7) is 1.21. The second-order valence-electron chi connectivity index (χ2n) is 3.35. The van der Waals surface area contributed by atoms with E-state index >= 15 is 0 Å². The van der Waals surface area contributed by atoms with Crippen molar-refractivity contribution in [2.24, 2.45) is 0 Å². The van der Waals surface area contributed by atoms with Crippen molar-refractivity contribution in [1.82, 2.24) is 4.57 Å².